The van der Waals surface area contributed by atoms with Crippen LogP contribution in [0.25, 0.3) is 0 Å². The van der Waals surface area contributed by atoms with Crippen LogP contribution in [0.1, 0.15) is 48.9 Å². The lowest BCUT2D eigenvalue weighted by atomic mass is 9.91. The highest BCUT2D eigenvalue weighted by molar-refractivity contribution is 5.85. The Hall–Kier alpha value is -1.06. The minimum atomic E-state index is 0. The third kappa shape index (κ3) is 3.31. The minimum absolute atomic E-state index is 0. The Morgan fingerprint density at radius 3 is 2.59 bits per heavy atom. The lowest BCUT2D eigenvalue weighted by Crippen LogP contribution is -2.34. The van der Waals surface area contributed by atoms with E-state index in [4.69, 9.17) is 0 Å². The highest BCUT2D eigenvalue weighted by Gasteiger charge is 2.57. The van der Waals surface area contributed by atoms with Crippen molar-refractivity contribution in [2.75, 3.05) is 13.1 Å². The molecule has 1 heterocycles. The Morgan fingerprint density at radius 2 is 1.95 bits per heavy atom. The first-order chi connectivity index (χ1) is 10.0. The van der Waals surface area contributed by atoms with E-state index in [1.807, 2.05) is 0 Å². The van der Waals surface area contributed by atoms with Gasteiger partial charge in [-0.1, -0.05) is 18.2 Å². The summed E-state index contributed by atoms with van der Waals surface area (Å²) in [6.45, 7) is 8.46. The predicted octanol–water partition coefficient (Wildman–Crippen LogP) is 3.29. The van der Waals surface area contributed by atoms with Crippen molar-refractivity contribution in [3.63, 3.8) is 0 Å². The second-order valence-corrected chi connectivity index (χ2v) is 6.94. The first-order valence-electron chi connectivity index (χ1n) is 8.10. The first-order valence-corrected chi connectivity index (χ1v) is 8.10. The molecular formula is C18H27ClN2O. The van der Waals surface area contributed by atoms with E-state index < -0.39 is 0 Å². The molecule has 2 N–H and O–H groups in total. The quantitative estimate of drug-likeness (QED) is 0.896. The van der Waals surface area contributed by atoms with Crippen LogP contribution in [0.2, 0.25) is 0 Å². The van der Waals surface area contributed by atoms with E-state index in [2.05, 4.69) is 49.6 Å². The van der Waals surface area contributed by atoms with Gasteiger partial charge >= 0.3 is 0 Å². The Bertz CT molecular complexity index is 552. The number of hydrogen-bond acceptors (Lipinski definition) is 2. The number of aryl methyl sites for hydroxylation is 2. The van der Waals surface area contributed by atoms with Crippen LogP contribution in [0.4, 0.5) is 0 Å². The summed E-state index contributed by atoms with van der Waals surface area (Å²) in [5.41, 5.74) is 4.10. The zero-order valence-electron chi connectivity index (χ0n) is 13.7. The molecule has 2 atom stereocenters. The topological polar surface area (TPSA) is 41.1 Å². The van der Waals surface area contributed by atoms with Crippen molar-refractivity contribution in [3.8, 4) is 0 Å². The zero-order valence-corrected chi connectivity index (χ0v) is 14.6. The smallest absolute Gasteiger partial charge is 0.224 e. The van der Waals surface area contributed by atoms with Gasteiger partial charge in [-0.2, -0.15) is 0 Å². The SMILES string of the molecule is Cc1ccc(C(C)NC(=O)C2CC23CCNCC3)cc1C.Cl. The molecule has 1 saturated heterocycles. The number of hydrogen-bond donors (Lipinski definition) is 2. The number of nitrogens with one attached hydrogen (secondary N) is 2. The highest BCUT2D eigenvalue weighted by Crippen LogP contribution is 2.58. The van der Waals surface area contributed by atoms with E-state index in [0.717, 1.165) is 32.4 Å². The number of amides is 1. The minimum Gasteiger partial charge on any atom is -0.349 e. The molecular weight excluding hydrogens is 296 g/mol. The van der Waals surface area contributed by atoms with E-state index in [9.17, 15) is 4.79 Å². The van der Waals surface area contributed by atoms with E-state index in [-0.39, 0.29) is 30.3 Å². The van der Waals surface area contributed by atoms with Gasteiger partial charge in [-0.25, -0.2) is 0 Å². The maximum absolute atomic E-state index is 12.5. The molecule has 0 radical (unpaired) electrons. The van der Waals surface area contributed by atoms with Crippen molar-refractivity contribution in [2.24, 2.45) is 11.3 Å². The maximum Gasteiger partial charge on any atom is 0.224 e. The Morgan fingerprint density at radius 1 is 1.27 bits per heavy atom. The number of halogens is 1. The van der Waals surface area contributed by atoms with E-state index in [1.165, 1.54) is 16.7 Å². The van der Waals surface area contributed by atoms with Crippen molar-refractivity contribution in [1.29, 1.82) is 0 Å². The fourth-order valence-corrected chi connectivity index (χ4v) is 3.63. The number of rotatable bonds is 3. The number of benzene rings is 1. The van der Waals surface area contributed by atoms with Gasteiger partial charge in [0.2, 0.25) is 5.91 Å². The summed E-state index contributed by atoms with van der Waals surface area (Å²) in [7, 11) is 0. The van der Waals surface area contributed by atoms with Crippen molar-refractivity contribution in [2.45, 2.75) is 46.1 Å². The van der Waals surface area contributed by atoms with Gasteiger partial charge in [0.15, 0.2) is 0 Å². The van der Waals surface area contributed by atoms with Crippen LogP contribution >= 0.6 is 12.4 Å². The molecule has 2 aliphatic rings. The van der Waals surface area contributed by atoms with Crippen molar-refractivity contribution in [3.05, 3.63) is 34.9 Å². The van der Waals surface area contributed by atoms with Crippen LogP contribution in [0.15, 0.2) is 18.2 Å². The third-order valence-electron chi connectivity index (χ3n) is 5.50. The van der Waals surface area contributed by atoms with Gasteiger partial charge in [0.1, 0.15) is 0 Å². The van der Waals surface area contributed by atoms with Gasteiger partial charge in [-0.3, -0.25) is 4.79 Å². The normalized spacial score (nSPS) is 23.5. The summed E-state index contributed by atoms with van der Waals surface area (Å²) in [6.07, 6.45) is 3.40. The number of carbonyl (C=O) groups is 1. The van der Waals surface area contributed by atoms with Crippen LogP contribution in [0.5, 0.6) is 0 Å². The molecule has 0 bridgehead atoms. The maximum atomic E-state index is 12.5. The molecule has 1 amide bonds. The predicted molar refractivity (Wildman–Crippen MR) is 92.4 cm³/mol. The van der Waals surface area contributed by atoms with Gasteiger partial charge < -0.3 is 10.6 Å². The summed E-state index contributed by atoms with van der Waals surface area (Å²) in [4.78, 5) is 12.5. The largest absolute Gasteiger partial charge is 0.349 e. The molecule has 122 valence electrons. The van der Waals surface area contributed by atoms with Crippen molar-refractivity contribution >= 4 is 18.3 Å². The second kappa shape index (κ2) is 6.59. The van der Waals surface area contributed by atoms with Gasteiger partial charge in [-0.15, -0.1) is 12.4 Å². The van der Waals surface area contributed by atoms with E-state index in [1.54, 1.807) is 0 Å². The van der Waals surface area contributed by atoms with Gasteiger partial charge in [-0.05, 0) is 75.2 Å². The van der Waals surface area contributed by atoms with Crippen molar-refractivity contribution < 1.29 is 4.79 Å². The monoisotopic (exact) mass is 322 g/mol. The fourth-order valence-electron chi connectivity index (χ4n) is 3.63. The Balaban J connectivity index is 0.00000176. The standard InChI is InChI=1S/C18H26N2O.ClH/c1-12-4-5-15(10-13(12)2)14(3)20-17(21)16-11-18(16)6-8-19-9-7-18;/h4-5,10,14,16,19H,6-9,11H2,1-3H3,(H,20,21);1H. The van der Waals surface area contributed by atoms with Gasteiger partial charge in [0.05, 0.1) is 6.04 Å². The van der Waals surface area contributed by atoms with Crippen LogP contribution < -0.4 is 10.6 Å². The van der Waals surface area contributed by atoms with Crippen LogP contribution in [-0.2, 0) is 4.79 Å². The van der Waals surface area contributed by atoms with Crippen LogP contribution in [-0.4, -0.2) is 19.0 Å². The summed E-state index contributed by atoms with van der Waals surface area (Å²) in [5, 5.41) is 6.60. The average molecular weight is 323 g/mol. The molecule has 1 aromatic carbocycles. The summed E-state index contributed by atoms with van der Waals surface area (Å²) in [6, 6.07) is 6.54. The fraction of sp³-hybridized carbons (Fsp3) is 0.611. The Labute approximate surface area is 139 Å². The molecule has 1 saturated carbocycles. The molecule has 1 aliphatic heterocycles. The van der Waals surface area contributed by atoms with Crippen LogP contribution in [0.3, 0.4) is 0 Å². The number of carbonyl (C=O) groups excluding carboxylic acids is 1. The molecule has 3 rings (SSSR count). The lowest BCUT2D eigenvalue weighted by Gasteiger charge is -2.24. The van der Waals surface area contributed by atoms with Gasteiger partial charge in [0.25, 0.3) is 0 Å². The first kappa shape index (κ1) is 17.3. The molecule has 2 fully saturated rings. The third-order valence-corrected chi connectivity index (χ3v) is 5.50. The van der Waals surface area contributed by atoms with Crippen LogP contribution in [0, 0.1) is 25.2 Å². The highest BCUT2D eigenvalue weighted by atomic mass is 35.5. The summed E-state index contributed by atoms with van der Waals surface area (Å²) < 4.78 is 0. The molecule has 0 aromatic heterocycles. The molecule has 22 heavy (non-hydrogen) atoms. The molecule has 4 heteroatoms. The van der Waals surface area contributed by atoms with E-state index >= 15 is 0 Å². The molecule has 1 aliphatic carbocycles. The molecule has 1 aromatic rings. The molecule has 1 spiro atoms. The zero-order chi connectivity index (χ0) is 15.0. The number of piperidine rings is 1. The molecule has 3 nitrogen and oxygen atoms in total. The average Bonchev–Trinajstić information content (AvgIpc) is 3.16. The van der Waals surface area contributed by atoms with Crippen molar-refractivity contribution in [1.82, 2.24) is 10.6 Å². The summed E-state index contributed by atoms with van der Waals surface area (Å²) in [5.74, 6) is 0.497. The lowest BCUT2D eigenvalue weighted by molar-refractivity contribution is -0.123. The van der Waals surface area contributed by atoms with Gasteiger partial charge in [0, 0.05) is 5.92 Å². The molecule has 2 unspecified atom stereocenters. The second-order valence-electron chi connectivity index (χ2n) is 6.94. The van der Waals surface area contributed by atoms with E-state index in [0.29, 0.717) is 5.41 Å². The summed E-state index contributed by atoms with van der Waals surface area (Å²) >= 11 is 0. The Kier molecular flexibility index (Phi) is 5.18.